The summed E-state index contributed by atoms with van der Waals surface area (Å²) < 4.78 is 5.32. The Hall–Kier alpha value is -1.44. The van der Waals surface area contributed by atoms with E-state index in [4.69, 9.17) is 33.2 Å². The first-order chi connectivity index (χ1) is 8.77. The third-order valence-corrected chi connectivity index (χ3v) is 3.26. The standard InChI is InChI=1S/C13H14Cl2N2O2/c1-13(2,8-16)17(3)12(18)7-19-11-5-4-9(14)6-10(11)15/h4-6H,7H2,1-3H3. The molecule has 0 N–H and O–H groups in total. The van der Waals surface area contributed by atoms with Crippen molar-refractivity contribution in [1.29, 1.82) is 5.26 Å². The van der Waals surface area contributed by atoms with Gasteiger partial charge in [-0.15, -0.1) is 0 Å². The molecule has 4 nitrogen and oxygen atoms in total. The second-order valence-electron chi connectivity index (χ2n) is 4.49. The highest BCUT2D eigenvalue weighted by atomic mass is 35.5. The second-order valence-corrected chi connectivity index (χ2v) is 5.33. The number of hydrogen-bond acceptors (Lipinski definition) is 3. The molecule has 0 aliphatic rings. The molecular weight excluding hydrogens is 287 g/mol. The number of rotatable bonds is 4. The van der Waals surface area contributed by atoms with Gasteiger partial charge in [-0.25, -0.2) is 0 Å². The van der Waals surface area contributed by atoms with Crippen molar-refractivity contribution < 1.29 is 9.53 Å². The summed E-state index contributed by atoms with van der Waals surface area (Å²) in [5, 5.41) is 9.78. The molecule has 102 valence electrons. The van der Waals surface area contributed by atoms with Gasteiger partial charge in [0, 0.05) is 12.1 Å². The lowest BCUT2D eigenvalue weighted by molar-refractivity contribution is -0.135. The van der Waals surface area contributed by atoms with Gasteiger partial charge in [0.2, 0.25) is 0 Å². The van der Waals surface area contributed by atoms with Crippen LogP contribution in [-0.2, 0) is 4.79 Å². The molecule has 0 saturated heterocycles. The Morgan fingerprint density at radius 2 is 2.11 bits per heavy atom. The third-order valence-electron chi connectivity index (χ3n) is 2.73. The zero-order valence-corrected chi connectivity index (χ0v) is 12.4. The Morgan fingerprint density at radius 1 is 1.47 bits per heavy atom. The van der Waals surface area contributed by atoms with Crippen molar-refractivity contribution in [3.05, 3.63) is 28.2 Å². The summed E-state index contributed by atoms with van der Waals surface area (Å²) in [4.78, 5) is 13.2. The van der Waals surface area contributed by atoms with Crippen molar-refractivity contribution in [2.24, 2.45) is 0 Å². The lowest BCUT2D eigenvalue weighted by atomic mass is 10.1. The largest absolute Gasteiger partial charge is 0.482 e. The first-order valence-corrected chi connectivity index (χ1v) is 6.29. The van der Waals surface area contributed by atoms with Crippen LogP contribution < -0.4 is 4.74 Å². The molecule has 0 radical (unpaired) electrons. The van der Waals surface area contributed by atoms with Crippen LogP contribution in [0.5, 0.6) is 5.75 Å². The molecule has 0 aliphatic heterocycles. The minimum absolute atomic E-state index is 0.192. The number of carbonyl (C=O) groups is 1. The van der Waals surface area contributed by atoms with Crippen LogP contribution in [0.15, 0.2) is 18.2 Å². The number of halogens is 2. The van der Waals surface area contributed by atoms with Gasteiger partial charge in [-0.1, -0.05) is 23.2 Å². The molecule has 0 fully saturated rings. The highest BCUT2D eigenvalue weighted by molar-refractivity contribution is 6.35. The predicted octanol–water partition coefficient (Wildman–Crippen LogP) is 3.13. The van der Waals surface area contributed by atoms with E-state index < -0.39 is 5.54 Å². The van der Waals surface area contributed by atoms with Crippen LogP contribution in [0.1, 0.15) is 13.8 Å². The van der Waals surface area contributed by atoms with Gasteiger partial charge in [-0.05, 0) is 32.0 Å². The van der Waals surface area contributed by atoms with E-state index in [0.29, 0.717) is 15.8 Å². The van der Waals surface area contributed by atoms with Crippen molar-refractivity contribution in [1.82, 2.24) is 4.90 Å². The Bertz CT molecular complexity index is 524. The quantitative estimate of drug-likeness (QED) is 0.858. The molecule has 0 aliphatic carbocycles. The third kappa shape index (κ3) is 4.02. The van der Waals surface area contributed by atoms with Crippen LogP contribution in [-0.4, -0.2) is 30.0 Å². The summed E-state index contributed by atoms with van der Waals surface area (Å²) in [7, 11) is 1.55. The minimum atomic E-state index is -0.885. The van der Waals surface area contributed by atoms with Gasteiger partial charge in [0.1, 0.15) is 11.3 Å². The number of nitriles is 1. The minimum Gasteiger partial charge on any atom is -0.482 e. The molecule has 0 unspecified atom stereocenters. The van der Waals surface area contributed by atoms with Gasteiger partial charge >= 0.3 is 0 Å². The molecule has 0 spiro atoms. The van der Waals surface area contributed by atoms with E-state index in [2.05, 4.69) is 0 Å². The van der Waals surface area contributed by atoms with Gasteiger partial charge in [0.15, 0.2) is 6.61 Å². The van der Waals surface area contributed by atoms with E-state index in [9.17, 15) is 4.79 Å². The van der Waals surface area contributed by atoms with Crippen LogP contribution in [0.2, 0.25) is 10.0 Å². The number of nitrogens with zero attached hydrogens (tertiary/aromatic N) is 2. The monoisotopic (exact) mass is 300 g/mol. The Kier molecular flexibility index (Phi) is 5.04. The zero-order chi connectivity index (χ0) is 14.6. The van der Waals surface area contributed by atoms with Crippen LogP contribution in [0.4, 0.5) is 0 Å². The molecular formula is C13H14Cl2N2O2. The summed E-state index contributed by atoms with van der Waals surface area (Å²) >= 11 is 11.7. The van der Waals surface area contributed by atoms with E-state index in [1.165, 1.54) is 11.0 Å². The van der Waals surface area contributed by atoms with Crippen LogP contribution in [0.3, 0.4) is 0 Å². The van der Waals surface area contributed by atoms with Gasteiger partial charge < -0.3 is 9.64 Å². The summed E-state index contributed by atoms with van der Waals surface area (Å²) in [6.45, 7) is 3.11. The SMILES string of the molecule is CN(C(=O)COc1ccc(Cl)cc1Cl)C(C)(C)C#N. The Balaban J connectivity index is 2.67. The molecule has 0 aromatic heterocycles. The maximum atomic E-state index is 11.9. The van der Waals surface area contributed by atoms with Gasteiger partial charge in [-0.2, -0.15) is 5.26 Å². The smallest absolute Gasteiger partial charge is 0.261 e. The fourth-order valence-corrected chi connectivity index (χ4v) is 1.68. The van der Waals surface area contributed by atoms with E-state index in [1.807, 2.05) is 6.07 Å². The number of ether oxygens (including phenoxy) is 1. The van der Waals surface area contributed by atoms with Crippen molar-refractivity contribution in [2.75, 3.05) is 13.7 Å². The fourth-order valence-electron chi connectivity index (χ4n) is 1.22. The summed E-state index contributed by atoms with van der Waals surface area (Å²) in [6, 6.07) is 6.79. The zero-order valence-electron chi connectivity index (χ0n) is 10.9. The highest BCUT2D eigenvalue weighted by Gasteiger charge is 2.27. The van der Waals surface area contributed by atoms with Crippen molar-refractivity contribution in [3.8, 4) is 11.8 Å². The fraction of sp³-hybridized carbons (Fsp3) is 0.385. The van der Waals surface area contributed by atoms with Crippen LogP contribution >= 0.6 is 23.2 Å². The second kappa shape index (κ2) is 6.14. The van der Waals surface area contributed by atoms with E-state index in [0.717, 1.165) is 0 Å². The molecule has 1 amide bonds. The van der Waals surface area contributed by atoms with Crippen molar-refractivity contribution >= 4 is 29.1 Å². The molecule has 1 aromatic carbocycles. The molecule has 1 aromatic rings. The molecule has 6 heteroatoms. The maximum absolute atomic E-state index is 11.9. The molecule has 1 rings (SSSR count). The first-order valence-electron chi connectivity index (χ1n) is 5.53. The number of hydrogen-bond donors (Lipinski definition) is 0. The number of benzene rings is 1. The molecule has 19 heavy (non-hydrogen) atoms. The summed E-state index contributed by atoms with van der Waals surface area (Å²) in [6.07, 6.45) is 0. The molecule has 0 bridgehead atoms. The van der Waals surface area contributed by atoms with Gasteiger partial charge in [0.25, 0.3) is 5.91 Å². The normalized spacial score (nSPS) is 10.7. The average molecular weight is 301 g/mol. The molecule has 0 atom stereocenters. The van der Waals surface area contributed by atoms with Crippen molar-refractivity contribution in [2.45, 2.75) is 19.4 Å². The van der Waals surface area contributed by atoms with E-state index in [-0.39, 0.29) is 12.5 Å². The summed E-state index contributed by atoms with van der Waals surface area (Å²) in [5.41, 5.74) is -0.885. The van der Waals surface area contributed by atoms with Gasteiger partial charge in [0.05, 0.1) is 11.1 Å². The maximum Gasteiger partial charge on any atom is 0.261 e. The number of likely N-dealkylation sites (N-methyl/N-ethyl adjacent to an activating group) is 1. The molecule has 0 saturated carbocycles. The van der Waals surface area contributed by atoms with Crippen LogP contribution in [0, 0.1) is 11.3 Å². The van der Waals surface area contributed by atoms with Crippen LogP contribution in [0.25, 0.3) is 0 Å². The topological polar surface area (TPSA) is 53.3 Å². The predicted molar refractivity (Wildman–Crippen MR) is 74.4 cm³/mol. The molecule has 0 heterocycles. The number of carbonyl (C=O) groups excluding carboxylic acids is 1. The van der Waals surface area contributed by atoms with Crippen molar-refractivity contribution in [3.63, 3.8) is 0 Å². The highest BCUT2D eigenvalue weighted by Crippen LogP contribution is 2.27. The lowest BCUT2D eigenvalue weighted by Gasteiger charge is -2.29. The first kappa shape index (κ1) is 15.6. The Labute approximate surface area is 122 Å². The Morgan fingerprint density at radius 3 is 2.63 bits per heavy atom. The summed E-state index contributed by atoms with van der Waals surface area (Å²) in [5.74, 6) is 0.0696. The average Bonchev–Trinajstić information content (AvgIpc) is 2.36. The van der Waals surface area contributed by atoms with E-state index in [1.54, 1.807) is 33.0 Å². The number of amides is 1. The lowest BCUT2D eigenvalue weighted by Crippen LogP contribution is -2.45. The van der Waals surface area contributed by atoms with E-state index >= 15 is 0 Å². The van der Waals surface area contributed by atoms with Gasteiger partial charge in [-0.3, -0.25) is 4.79 Å².